The highest BCUT2D eigenvalue weighted by molar-refractivity contribution is 6.30. The van der Waals surface area contributed by atoms with Gasteiger partial charge in [0.1, 0.15) is 5.75 Å². The molecule has 0 aliphatic heterocycles. The number of nitrogens with zero attached hydrogens (tertiary/aromatic N) is 4. The fourth-order valence-corrected chi connectivity index (χ4v) is 4.27. The Labute approximate surface area is 196 Å². The van der Waals surface area contributed by atoms with Crippen molar-refractivity contribution in [3.8, 4) is 5.75 Å². The number of aromatic nitrogens is 4. The summed E-state index contributed by atoms with van der Waals surface area (Å²) >= 11 is 6.01. The summed E-state index contributed by atoms with van der Waals surface area (Å²) in [6, 6.07) is 13.4. The summed E-state index contributed by atoms with van der Waals surface area (Å²) in [4.78, 5) is 30.8. The van der Waals surface area contributed by atoms with Gasteiger partial charge in [-0.25, -0.2) is 19.9 Å². The Morgan fingerprint density at radius 2 is 1.88 bits per heavy atom. The third kappa shape index (κ3) is 4.36. The molecule has 8 heteroatoms. The van der Waals surface area contributed by atoms with Crippen LogP contribution in [0.5, 0.6) is 5.75 Å². The van der Waals surface area contributed by atoms with E-state index < -0.39 is 0 Å². The number of ketones is 1. The zero-order valence-corrected chi connectivity index (χ0v) is 19.1. The minimum absolute atomic E-state index is 0.0469. The van der Waals surface area contributed by atoms with E-state index >= 15 is 0 Å². The predicted octanol–water partition coefficient (Wildman–Crippen LogP) is 5.44. The number of Topliss-reactive ketones (excluding diaryl/α,β-unsaturated/α-hetero) is 1. The van der Waals surface area contributed by atoms with Crippen molar-refractivity contribution in [2.45, 2.75) is 32.6 Å². The smallest absolute Gasteiger partial charge is 0.230 e. The van der Waals surface area contributed by atoms with Crippen molar-refractivity contribution < 1.29 is 9.53 Å². The number of rotatable bonds is 5. The monoisotopic (exact) mass is 459 g/mol. The highest BCUT2D eigenvalue weighted by atomic mass is 35.5. The number of ether oxygens (including phenoxy) is 1. The molecule has 1 aliphatic carbocycles. The molecule has 0 spiro atoms. The number of nitrogens with one attached hydrogen (secondary N) is 1. The zero-order chi connectivity index (χ0) is 22.9. The van der Waals surface area contributed by atoms with Crippen LogP contribution in [0.2, 0.25) is 5.02 Å². The lowest BCUT2D eigenvalue weighted by Gasteiger charge is -2.23. The fraction of sp³-hybridized carbons (Fsp3) is 0.240. The lowest BCUT2D eigenvalue weighted by Crippen LogP contribution is -2.21. The highest BCUT2D eigenvalue weighted by Gasteiger charge is 2.28. The standard InChI is InChI=1S/C25H22ClN5O2/c1-3-33-18-8-9-21-19(12-18)14(2)28-25(29-21)31-24-27-13-20-22(30-24)10-16(11-23(20)32)15-4-6-17(26)7-5-15/h4-9,12-13,16H,3,10-11H2,1-2H3,(H,27,28,29,30,31)/t16-/m1/s1. The lowest BCUT2D eigenvalue weighted by atomic mass is 9.82. The summed E-state index contributed by atoms with van der Waals surface area (Å²) in [5.41, 5.74) is 3.99. The Bertz CT molecular complexity index is 1360. The van der Waals surface area contributed by atoms with Gasteiger partial charge in [0, 0.05) is 23.0 Å². The van der Waals surface area contributed by atoms with Crippen LogP contribution < -0.4 is 10.1 Å². The Balaban J connectivity index is 1.42. The molecule has 0 amide bonds. The Morgan fingerprint density at radius 3 is 2.67 bits per heavy atom. The number of carbonyl (C=O) groups is 1. The topological polar surface area (TPSA) is 89.9 Å². The van der Waals surface area contributed by atoms with E-state index in [9.17, 15) is 4.79 Å². The predicted molar refractivity (Wildman–Crippen MR) is 128 cm³/mol. The molecule has 4 aromatic rings. The Morgan fingerprint density at radius 1 is 1.06 bits per heavy atom. The second-order valence-corrected chi connectivity index (χ2v) is 8.44. The maximum Gasteiger partial charge on any atom is 0.230 e. The summed E-state index contributed by atoms with van der Waals surface area (Å²) in [6.07, 6.45) is 2.67. The van der Waals surface area contributed by atoms with Crippen LogP contribution in [0.3, 0.4) is 0 Å². The number of benzene rings is 2. The van der Waals surface area contributed by atoms with Crippen LogP contribution in [-0.2, 0) is 6.42 Å². The third-order valence-electron chi connectivity index (χ3n) is 5.77. The van der Waals surface area contributed by atoms with Crippen molar-refractivity contribution in [3.05, 3.63) is 76.2 Å². The first kappa shape index (κ1) is 21.3. The molecule has 1 N–H and O–H groups in total. The number of anilines is 2. The molecular formula is C25H22ClN5O2. The van der Waals surface area contributed by atoms with Gasteiger partial charge in [0.25, 0.3) is 0 Å². The average Bonchev–Trinajstić information content (AvgIpc) is 2.80. The van der Waals surface area contributed by atoms with Crippen molar-refractivity contribution in [1.82, 2.24) is 19.9 Å². The quantitative estimate of drug-likeness (QED) is 0.425. The van der Waals surface area contributed by atoms with Gasteiger partial charge in [0.15, 0.2) is 5.78 Å². The van der Waals surface area contributed by atoms with E-state index in [1.165, 1.54) is 0 Å². The average molecular weight is 460 g/mol. The number of hydrogen-bond donors (Lipinski definition) is 1. The number of halogens is 1. The number of fused-ring (bicyclic) bond motifs is 2. The van der Waals surface area contributed by atoms with E-state index in [2.05, 4.69) is 25.3 Å². The molecule has 1 atom stereocenters. The SMILES string of the molecule is CCOc1ccc2nc(Nc3ncc4c(n3)C[C@@H](c3ccc(Cl)cc3)CC4=O)nc(C)c2c1. The number of carbonyl (C=O) groups excluding carboxylic acids is 1. The Kier molecular flexibility index (Phi) is 5.64. The highest BCUT2D eigenvalue weighted by Crippen LogP contribution is 2.33. The van der Waals surface area contributed by atoms with Gasteiger partial charge < -0.3 is 4.74 Å². The van der Waals surface area contributed by atoms with Crippen LogP contribution in [0.15, 0.2) is 48.7 Å². The summed E-state index contributed by atoms with van der Waals surface area (Å²) in [5.74, 6) is 1.66. The van der Waals surface area contributed by atoms with Gasteiger partial charge in [-0.1, -0.05) is 23.7 Å². The molecule has 2 aromatic carbocycles. The van der Waals surface area contributed by atoms with Gasteiger partial charge in [0.2, 0.25) is 11.9 Å². The van der Waals surface area contributed by atoms with Gasteiger partial charge in [-0.2, -0.15) is 0 Å². The molecule has 2 heterocycles. The maximum absolute atomic E-state index is 12.7. The molecule has 5 rings (SSSR count). The van der Waals surface area contributed by atoms with E-state index in [-0.39, 0.29) is 11.7 Å². The van der Waals surface area contributed by atoms with E-state index in [1.54, 1.807) is 6.20 Å². The molecule has 33 heavy (non-hydrogen) atoms. The van der Waals surface area contributed by atoms with E-state index in [1.807, 2.05) is 56.3 Å². The first-order valence-electron chi connectivity index (χ1n) is 10.8. The third-order valence-corrected chi connectivity index (χ3v) is 6.03. The minimum Gasteiger partial charge on any atom is -0.494 e. The van der Waals surface area contributed by atoms with Gasteiger partial charge in [-0.15, -0.1) is 0 Å². The lowest BCUT2D eigenvalue weighted by molar-refractivity contribution is 0.0962. The molecule has 0 radical (unpaired) electrons. The van der Waals surface area contributed by atoms with Gasteiger partial charge in [0.05, 0.1) is 29.1 Å². The van der Waals surface area contributed by atoms with Crippen molar-refractivity contribution in [2.75, 3.05) is 11.9 Å². The van der Waals surface area contributed by atoms with E-state index in [4.69, 9.17) is 16.3 Å². The largest absolute Gasteiger partial charge is 0.494 e. The summed E-state index contributed by atoms with van der Waals surface area (Å²) < 4.78 is 5.58. The molecule has 0 unspecified atom stereocenters. The number of aryl methyl sites for hydroxylation is 1. The van der Waals surface area contributed by atoms with Crippen molar-refractivity contribution in [3.63, 3.8) is 0 Å². The van der Waals surface area contributed by atoms with Crippen LogP contribution >= 0.6 is 11.6 Å². The normalized spacial score (nSPS) is 15.4. The molecular weight excluding hydrogens is 438 g/mol. The fourth-order valence-electron chi connectivity index (χ4n) is 4.15. The second-order valence-electron chi connectivity index (χ2n) is 8.00. The molecule has 1 aliphatic rings. The molecule has 0 bridgehead atoms. The van der Waals surface area contributed by atoms with Crippen molar-refractivity contribution in [1.29, 1.82) is 0 Å². The van der Waals surface area contributed by atoms with Crippen LogP contribution in [0.1, 0.15) is 46.6 Å². The second kappa shape index (κ2) is 8.75. The molecule has 0 saturated carbocycles. The molecule has 166 valence electrons. The molecule has 0 saturated heterocycles. The first-order valence-corrected chi connectivity index (χ1v) is 11.2. The van der Waals surface area contributed by atoms with E-state index in [0.29, 0.717) is 41.9 Å². The Hall–Kier alpha value is -3.58. The zero-order valence-electron chi connectivity index (χ0n) is 18.3. The minimum atomic E-state index is 0.0469. The first-order chi connectivity index (χ1) is 16.0. The summed E-state index contributed by atoms with van der Waals surface area (Å²) in [7, 11) is 0. The van der Waals surface area contributed by atoms with Crippen LogP contribution in [0.25, 0.3) is 10.9 Å². The molecule has 7 nitrogen and oxygen atoms in total. The van der Waals surface area contributed by atoms with Crippen molar-refractivity contribution in [2.24, 2.45) is 0 Å². The maximum atomic E-state index is 12.7. The summed E-state index contributed by atoms with van der Waals surface area (Å²) in [5, 5.41) is 4.70. The van der Waals surface area contributed by atoms with Gasteiger partial charge in [-0.3, -0.25) is 10.1 Å². The molecule has 0 fully saturated rings. The van der Waals surface area contributed by atoms with E-state index in [0.717, 1.165) is 33.6 Å². The van der Waals surface area contributed by atoms with Crippen LogP contribution in [-0.4, -0.2) is 32.3 Å². The molecule has 2 aromatic heterocycles. The summed E-state index contributed by atoms with van der Waals surface area (Å²) in [6.45, 7) is 4.47. The van der Waals surface area contributed by atoms with Crippen LogP contribution in [0, 0.1) is 6.92 Å². The van der Waals surface area contributed by atoms with Crippen molar-refractivity contribution >= 4 is 40.2 Å². The number of hydrogen-bond acceptors (Lipinski definition) is 7. The van der Waals surface area contributed by atoms with Crippen LogP contribution in [0.4, 0.5) is 11.9 Å². The van der Waals surface area contributed by atoms with Gasteiger partial charge >= 0.3 is 0 Å². The van der Waals surface area contributed by atoms with Gasteiger partial charge in [-0.05, 0) is 62.1 Å².